The van der Waals surface area contributed by atoms with Crippen LogP contribution < -0.4 is 0 Å². The lowest BCUT2D eigenvalue weighted by Gasteiger charge is -2.65. The average Bonchev–Trinajstić information content (AvgIpc) is 3.50. The Hall–Kier alpha value is -1.56. The SMILES string of the molecule is CC(=O)C[C@@H]1[C@@]2(C)Cc3cnoc3C(C)(C)[C@@H]2CC[C@@]1(C)C(C)(C)CC[C@@]1(c2nnc(C)s2)CCC(C)(C)CC1C. The van der Waals surface area contributed by atoms with E-state index < -0.39 is 0 Å². The first kappa shape index (κ1) is 30.9. The largest absolute Gasteiger partial charge is 0.361 e. The van der Waals surface area contributed by atoms with E-state index in [0.717, 1.165) is 42.9 Å². The molecule has 3 aliphatic rings. The van der Waals surface area contributed by atoms with Crippen LogP contribution in [-0.4, -0.2) is 21.1 Å². The lowest BCUT2D eigenvalue weighted by atomic mass is 9.38. The number of ketones is 1. The molecule has 1 unspecified atom stereocenters. The second kappa shape index (κ2) is 9.99. The maximum absolute atomic E-state index is 13.0. The van der Waals surface area contributed by atoms with Gasteiger partial charge in [-0.3, -0.25) is 0 Å². The third kappa shape index (κ3) is 4.86. The molecule has 0 saturated heterocycles. The van der Waals surface area contributed by atoms with Crippen molar-refractivity contribution in [3.63, 3.8) is 0 Å². The van der Waals surface area contributed by atoms with E-state index in [1.54, 1.807) is 6.92 Å². The van der Waals surface area contributed by atoms with Crippen molar-refractivity contribution in [1.29, 1.82) is 0 Å². The summed E-state index contributed by atoms with van der Waals surface area (Å²) in [5.41, 5.74) is 1.70. The number of hydrogen-bond acceptors (Lipinski definition) is 6. The summed E-state index contributed by atoms with van der Waals surface area (Å²) >= 11 is 1.82. The lowest BCUT2D eigenvalue weighted by molar-refractivity contribution is -0.155. The number of aryl methyl sites for hydroxylation is 1. The number of hydrogen-bond donors (Lipinski definition) is 0. The highest BCUT2D eigenvalue weighted by Crippen LogP contribution is 2.69. The molecule has 6 atom stereocenters. The van der Waals surface area contributed by atoms with Crippen molar-refractivity contribution >= 4 is 17.1 Å². The van der Waals surface area contributed by atoms with Gasteiger partial charge in [-0.25, -0.2) is 0 Å². The van der Waals surface area contributed by atoms with E-state index in [0.29, 0.717) is 35.4 Å². The van der Waals surface area contributed by atoms with Gasteiger partial charge in [-0.05, 0) is 105 Å². The average molecular weight is 582 g/mol. The van der Waals surface area contributed by atoms with Crippen molar-refractivity contribution in [2.75, 3.05) is 0 Å². The smallest absolute Gasteiger partial charge is 0.145 e. The molecule has 5 nitrogen and oxygen atoms in total. The summed E-state index contributed by atoms with van der Waals surface area (Å²) in [7, 11) is 0. The molecule has 6 heteroatoms. The van der Waals surface area contributed by atoms with Gasteiger partial charge in [-0.2, -0.15) is 0 Å². The zero-order valence-electron chi connectivity index (χ0n) is 27.7. The van der Waals surface area contributed by atoms with E-state index in [4.69, 9.17) is 9.62 Å². The predicted molar refractivity (Wildman–Crippen MR) is 167 cm³/mol. The van der Waals surface area contributed by atoms with Crippen LogP contribution >= 0.6 is 11.3 Å². The number of fused-ring (bicyclic) bond motifs is 2. The monoisotopic (exact) mass is 581 g/mol. The van der Waals surface area contributed by atoms with Gasteiger partial charge in [0.25, 0.3) is 0 Å². The van der Waals surface area contributed by atoms with E-state index in [1.165, 1.54) is 29.8 Å². The third-order valence-corrected chi connectivity index (χ3v) is 14.3. The van der Waals surface area contributed by atoms with Gasteiger partial charge in [0.2, 0.25) is 0 Å². The Kier molecular flexibility index (Phi) is 7.53. The Labute approximate surface area is 253 Å². The Bertz CT molecular complexity index is 1290. The van der Waals surface area contributed by atoms with E-state index in [-0.39, 0.29) is 27.1 Å². The second-order valence-electron chi connectivity index (χ2n) is 17.0. The molecule has 2 heterocycles. The molecule has 0 aromatic carbocycles. The van der Waals surface area contributed by atoms with E-state index >= 15 is 0 Å². The minimum Gasteiger partial charge on any atom is -0.361 e. The molecule has 2 aromatic heterocycles. The van der Waals surface area contributed by atoms with E-state index in [9.17, 15) is 4.79 Å². The Balaban J connectivity index is 1.51. The Morgan fingerprint density at radius 3 is 2.41 bits per heavy atom. The Morgan fingerprint density at radius 2 is 1.80 bits per heavy atom. The second-order valence-corrected chi connectivity index (χ2v) is 18.2. The van der Waals surface area contributed by atoms with Crippen LogP contribution in [0.2, 0.25) is 0 Å². The van der Waals surface area contributed by atoms with Crippen LogP contribution in [0.25, 0.3) is 0 Å². The van der Waals surface area contributed by atoms with Gasteiger partial charge in [0.05, 0.1) is 6.20 Å². The molecule has 0 spiro atoms. The molecule has 0 amide bonds. The highest BCUT2D eigenvalue weighted by Gasteiger charge is 2.64. The van der Waals surface area contributed by atoms with Crippen LogP contribution in [0.5, 0.6) is 0 Å². The molecule has 3 aliphatic carbocycles. The van der Waals surface area contributed by atoms with Gasteiger partial charge < -0.3 is 9.32 Å². The molecule has 0 radical (unpaired) electrons. The summed E-state index contributed by atoms with van der Waals surface area (Å²) < 4.78 is 5.86. The lowest BCUT2D eigenvalue weighted by Crippen LogP contribution is -2.60. The minimum absolute atomic E-state index is 0.00811. The zero-order valence-corrected chi connectivity index (χ0v) is 28.6. The number of carbonyl (C=O) groups is 1. The Morgan fingerprint density at radius 1 is 1.10 bits per heavy atom. The maximum Gasteiger partial charge on any atom is 0.145 e. The van der Waals surface area contributed by atoms with Crippen molar-refractivity contribution in [1.82, 2.24) is 15.4 Å². The van der Waals surface area contributed by atoms with E-state index in [2.05, 4.69) is 79.5 Å². The number of carbonyl (C=O) groups excluding carboxylic acids is 1. The molecule has 228 valence electrons. The van der Waals surface area contributed by atoms with E-state index in [1.807, 2.05) is 17.5 Å². The van der Waals surface area contributed by atoms with Gasteiger partial charge in [0.1, 0.15) is 21.6 Å². The maximum atomic E-state index is 13.0. The number of Topliss-reactive ketones (excluding diaryl/α,β-unsaturated/α-hetero) is 1. The summed E-state index contributed by atoms with van der Waals surface area (Å²) in [6.07, 6.45) is 11.7. The van der Waals surface area contributed by atoms with Gasteiger partial charge >= 0.3 is 0 Å². The quantitative estimate of drug-likeness (QED) is 0.326. The van der Waals surface area contributed by atoms with Gasteiger partial charge in [-0.1, -0.05) is 67.5 Å². The van der Waals surface area contributed by atoms with Crippen LogP contribution in [0, 0.1) is 46.3 Å². The first-order valence-electron chi connectivity index (χ1n) is 16.1. The minimum atomic E-state index is -0.0938. The summed E-state index contributed by atoms with van der Waals surface area (Å²) in [4.78, 5) is 13.0. The number of aromatic nitrogens is 3. The first-order valence-corrected chi connectivity index (χ1v) is 16.9. The number of rotatable bonds is 7. The molecule has 41 heavy (non-hydrogen) atoms. The zero-order chi connectivity index (χ0) is 30.2. The molecule has 0 bridgehead atoms. The molecule has 2 saturated carbocycles. The molecule has 2 fully saturated rings. The highest BCUT2D eigenvalue weighted by molar-refractivity contribution is 7.11. The summed E-state index contributed by atoms with van der Waals surface area (Å²) in [6.45, 7) is 26.0. The van der Waals surface area contributed by atoms with Gasteiger partial charge in [-0.15, -0.1) is 21.5 Å². The molecule has 0 N–H and O–H groups in total. The van der Waals surface area contributed by atoms with Gasteiger partial charge in [0.15, 0.2) is 0 Å². The van der Waals surface area contributed by atoms with Gasteiger partial charge in [0, 0.05) is 22.8 Å². The molecule has 2 aromatic rings. The third-order valence-electron chi connectivity index (χ3n) is 13.2. The van der Waals surface area contributed by atoms with Crippen LogP contribution in [-0.2, 0) is 22.0 Å². The number of nitrogens with zero attached hydrogens (tertiary/aromatic N) is 3. The summed E-state index contributed by atoms with van der Waals surface area (Å²) in [5, 5.41) is 15.9. The standard InChI is InChI=1S/C35H55N3O2S/c1-22-19-30(4,5)14-16-35(22,29-38-37-24(3)41-29)17-15-31(6,7)34(11)13-12-26-32(8,9)28-25(21-36-40-28)20-33(26,10)27(34)18-23(2)39/h21-22,26-27H,12-20H2,1-11H3/t22?,26-,27+,33-,34+,35-/m0/s1. The van der Waals surface area contributed by atoms with Crippen LogP contribution in [0.4, 0.5) is 0 Å². The van der Waals surface area contributed by atoms with Crippen molar-refractivity contribution in [2.24, 2.45) is 39.4 Å². The molecule has 0 aliphatic heterocycles. The van der Waals surface area contributed by atoms with Crippen molar-refractivity contribution < 1.29 is 9.32 Å². The van der Waals surface area contributed by atoms with Crippen molar-refractivity contribution in [3.05, 3.63) is 27.5 Å². The summed E-state index contributed by atoms with van der Waals surface area (Å²) in [6, 6.07) is 0. The van der Waals surface area contributed by atoms with Crippen LogP contribution in [0.3, 0.4) is 0 Å². The first-order chi connectivity index (χ1) is 18.9. The summed E-state index contributed by atoms with van der Waals surface area (Å²) in [5.74, 6) is 2.70. The fourth-order valence-corrected chi connectivity index (χ4v) is 11.5. The van der Waals surface area contributed by atoms with Crippen molar-refractivity contribution in [2.45, 2.75) is 145 Å². The van der Waals surface area contributed by atoms with Crippen molar-refractivity contribution in [3.8, 4) is 0 Å². The molecular weight excluding hydrogens is 526 g/mol. The van der Waals surface area contributed by atoms with Crippen LogP contribution in [0.1, 0.15) is 142 Å². The molecular formula is C35H55N3O2S. The fourth-order valence-electron chi connectivity index (χ4n) is 10.4. The molecule has 5 rings (SSSR count). The normalized spacial score (nSPS) is 36.4. The predicted octanol–water partition coefficient (Wildman–Crippen LogP) is 9.28. The topological polar surface area (TPSA) is 68.9 Å². The fraction of sp³-hybridized carbons (Fsp3) is 0.829. The van der Waals surface area contributed by atoms with Crippen LogP contribution in [0.15, 0.2) is 10.7 Å². The highest BCUT2D eigenvalue weighted by atomic mass is 32.1.